The van der Waals surface area contributed by atoms with Gasteiger partial charge in [-0.3, -0.25) is 9.69 Å². The summed E-state index contributed by atoms with van der Waals surface area (Å²) < 4.78 is 37.9. The fourth-order valence-electron chi connectivity index (χ4n) is 3.65. The van der Waals surface area contributed by atoms with Crippen LogP contribution in [0.15, 0.2) is 72.8 Å². The number of hydrogen-bond donors (Lipinski definition) is 1. The van der Waals surface area contributed by atoms with E-state index in [2.05, 4.69) is 34.5 Å². The normalized spacial score (nSPS) is 14.2. The number of alkyl halides is 3. The van der Waals surface area contributed by atoms with Gasteiger partial charge in [-0.05, 0) is 59.5 Å². The van der Waals surface area contributed by atoms with Crippen LogP contribution in [-0.4, -0.2) is 17.4 Å². The van der Waals surface area contributed by atoms with Crippen LogP contribution in [0.3, 0.4) is 0 Å². The van der Waals surface area contributed by atoms with Crippen molar-refractivity contribution >= 4 is 11.6 Å². The molecule has 0 fully saturated rings. The number of rotatable bonds is 4. The lowest BCUT2D eigenvalue weighted by atomic mass is 9.99. The maximum atomic E-state index is 12.6. The van der Waals surface area contributed by atoms with E-state index < -0.39 is 11.7 Å². The van der Waals surface area contributed by atoms with E-state index in [4.69, 9.17) is 0 Å². The van der Waals surface area contributed by atoms with Crippen molar-refractivity contribution in [2.75, 3.05) is 11.9 Å². The van der Waals surface area contributed by atoms with E-state index in [1.54, 1.807) is 12.1 Å². The molecule has 1 aliphatic heterocycles. The number of carbonyl (C=O) groups is 1. The zero-order chi connectivity index (χ0) is 21.1. The van der Waals surface area contributed by atoms with Gasteiger partial charge in [0.15, 0.2) is 0 Å². The SMILES string of the molecule is O=C(Nc1ccc(C(F)(F)F)cc1)c1ccc(CN2CCc3ccccc3C2)cc1. The molecule has 6 heteroatoms. The minimum absolute atomic E-state index is 0.323. The molecule has 3 nitrogen and oxygen atoms in total. The third kappa shape index (κ3) is 4.71. The molecule has 1 aliphatic rings. The van der Waals surface area contributed by atoms with Gasteiger partial charge in [0.25, 0.3) is 5.91 Å². The molecule has 1 heterocycles. The first kappa shape index (κ1) is 20.2. The highest BCUT2D eigenvalue weighted by Crippen LogP contribution is 2.30. The Morgan fingerprint density at radius 3 is 2.23 bits per heavy atom. The van der Waals surface area contributed by atoms with Crippen molar-refractivity contribution in [2.45, 2.75) is 25.7 Å². The van der Waals surface area contributed by atoms with Crippen molar-refractivity contribution in [1.29, 1.82) is 0 Å². The van der Waals surface area contributed by atoms with Crippen molar-refractivity contribution in [3.63, 3.8) is 0 Å². The fourth-order valence-corrected chi connectivity index (χ4v) is 3.65. The first-order valence-electron chi connectivity index (χ1n) is 9.75. The minimum atomic E-state index is -4.39. The second kappa shape index (κ2) is 8.32. The average Bonchev–Trinajstić information content (AvgIpc) is 2.74. The number of amides is 1. The molecular weight excluding hydrogens is 389 g/mol. The van der Waals surface area contributed by atoms with Crippen LogP contribution in [0.2, 0.25) is 0 Å². The lowest BCUT2D eigenvalue weighted by Gasteiger charge is -2.28. The van der Waals surface area contributed by atoms with E-state index in [-0.39, 0.29) is 5.91 Å². The van der Waals surface area contributed by atoms with Crippen molar-refractivity contribution in [3.8, 4) is 0 Å². The molecule has 1 amide bonds. The molecule has 0 radical (unpaired) electrons. The molecule has 0 aromatic heterocycles. The van der Waals surface area contributed by atoms with Gasteiger partial charge >= 0.3 is 6.18 Å². The molecule has 30 heavy (non-hydrogen) atoms. The summed E-state index contributed by atoms with van der Waals surface area (Å²) in [6.45, 7) is 2.70. The summed E-state index contributed by atoms with van der Waals surface area (Å²) >= 11 is 0. The monoisotopic (exact) mass is 410 g/mol. The van der Waals surface area contributed by atoms with Gasteiger partial charge in [0.05, 0.1) is 5.56 Å². The predicted octanol–water partition coefficient (Wildman–Crippen LogP) is 5.52. The van der Waals surface area contributed by atoms with Crippen LogP contribution in [-0.2, 0) is 25.7 Å². The van der Waals surface area contributed by atoms with Crippen LogP contribution in [0.5, 0.6) is 0 Å². The Bertz CT molecular complexity index is 1030. The van der Waals surface area contributed by atoms with E-state index in [9.17, 15) is 18.0 Å². The Morgan fingerprint density at radius 2 is 1.57 bits per heavy atom. The second-order valence-corrected chi connectivity index (χ2v) is 7.46. The summed E-state index contributed by atoms with van der Waals surface area (Å²) in [7, 11) is 0. The highest BCUT2D eigenvalue weighted by atomic mass is 19.4. The van der Waals surface area contributed by atoms with Crippen molar-refractivity contribution in [2.24, 2.45) is 0 Å². The molecule has 0 saturated carbocycles. The third-order valence-electron chi connectivity index (χ3n) is 5.30. The van der Waals surface area contributed by atoms with Crippen LogP contribution in [0.1, 0.15) is 32.6 Å². The Morgan fingerprint density at radius 1 is 0.900 bits per heavy atom. The Hall–Kier alpha value is -3.12. The third-order valence-corrected chi connectivity index (χ3v) is 5.30. The summed E-state index contributed by atoms with van der Waals surface area (Å²) in [6, 6.07) is 20.2. The van der Waals surface area contributed by atoms with Gasteiger partial charge < -0.3 is 5.32 Å². The molecule has 154 valence electrons. The number of nitrogens with zero attached hydrogens (tertiary/aromatic N) is 1. The molecule has 1 N–H and O–H groups in total. The Kier molecular flexibility index (Phi) is 5.59. The van der Waals surface area contributed by atoms with E-state index in [1.807, 2.05) is 12.1 Å². The van der Waals surface area contributed by atoms with Crippen LogP contribution in [0.4, 0.5) is 18.9 Å². The standard InChI is InChI=1S/C24H21F3N2O/c25-24(26,27)21-9-11-22(12-10-21)28-23(30)19-7-5-17(6-8-19)15-29-14-13-18-3-1-2-4-20(18)16-29/h1-12H,13-16H2,(H,28,30). The molecule has 0 unspecified atom stereocenters. The largest absolute Gasteiger partial charge is 0.416 e. The predicted molar refractivity (Wildman–Crippen MR) is 110 cm³/mol. The van der Waals surface area contributed by atoms with Crippen LogP contribution < -0.4 is 5.32 Å². The Labute approximate surface area is 173 Å². The lowest BCUT2D eigenvalue weighted by molar-refractivity contribution is -0.137. The summed E-state index contributed by atoms with van der Waals surface area (Å²) in [5.41, 5.74) is 3.91. The smallest absolute Gasteiger partial charge is 0.322 e. The molecule has 4 rings (SSSR count). The molecule has 0 atom stereocenters. The molecular formula is C24H21F3N2O. The molecule has 0 spiro atoms. The van der Waals surface area contributed by atoms with Gasteiger partial charge in [0, 0.05) is 30.9 Å². The van der Waals surface area contributed by atoms with E-state index >= 15 is 0 Å². The average molecular weight is 410 g/mol. The maximum Gasteiger partial charge on any atom is 0.416 e. The van der Waals surface area contributed by atoms with Gasteiger partial charge in [-0.2, -0.15) is 13.2 Å². The summed E-state index contributed by atoms with van der Waals surface area (Å²) in [4.78, 5) is 14.8. The molecule has 0 aliphatic carbocycles. The van der Waals surface area contributed by atoms with Crippen LogP contribution in [0, 0.1) is 0 Å². The van der Waals surface area contributed by atoms with Gasteiger partial charge in [0.1, 0.15) is 0 Å². The molecule has 0 bridgehead atoms. The first-order valence-corrected chi connectivity index (χ1v) is 9.75. The summed E-state index contributed by atoms with van der Waals surface area (Å²) in [5, 5.41) is 2.63. The number of anilines is 1. The number of fused-ring (bicyclic) bond motifs is 1. The number of nitrogens with one attached hydrogen (secondary N) is 1. The molecule has 0 saturated heterocycles. The lowest BCUT2D eigenvalue weighted by Crippen LogP contribution is -2.29. The maximum absolute atomic E-state index is 12.6. The van der Waals surface area contributed by atoms with E-state index in [0.29, 0.717) is 11.3 Å². The van der Waals surface area contributed by atoms with Crippen LogP contribution >= 0.6 is 0 Å². The zero-order valence-electron chi connectivity index (χ0n) is 16.2. The fraction of sp³-hybridized carbons (Fsp3) is 0.208. The van der Waals surface area contributed by atoms with Gasteiger partial charge in [-0.1, -0.05) is 36.4 Å². The highest BCUT2D eigenvalue weighted by Gasteiger charge is 2.30. The van der Waals surface area contributed by atoms with Crippen molar-refractivity contribution < 1.29 is 18.0 Å². The highest BCUT2D eigenvalue weighted by molar-refractivity contribution is 6.04. The number of carbonyl (C=O) groups excluding carboxylic acids is 1. The van der Waals surface area contributed by atoms with Gasteiger partial charge in [-0.25, -0.2) is 0 Å². The van der Waals surface area contributed by atoms with E-state index in [0.717, 1.165) is 43.8 Å². The molecule has 3 aromatic carbocycles. The van der Waals surface area contributed by atoms with Crippen molar-refractivity contribution in [1.82, 2.24) is 4.90 Å². The van der Waals surface area contributed by atoms with Crippen LogP contribution in [0.25, 0.3) is 0 Å². The number of hydrogen-bond acceptors (Lipinski definition) is 2. The number of halogens is 3. The minimum Gasteiger partial charge on any atom is -0.322 e. The Balaban J connectivity index is 1.36. The molecule has 3 aromatic rings. The second-order valence-electron chi connectivity index (χ2n) is 7.46. The number of benzene rings is 3. The van der Waals surface area contributed by atoms with E-state index in [1.165, 1.54) is 23.3 Å². The topological polar surface area (TPSA) is 32.3 Å². The quantitative estimate of drug-likeness (QED) is 0.615. The summed E-state index contributed by atoms with van der Waals surface area (Å²) in [6.07, 6.45) is -3.36. The summed E-state index contributed by atoms with van der Waals surface area (Å²) in [5.74, 6) is -0.354. The van der Waals surface area contributed by atoms with Crippen molar-refractivity contribution in [3.05, 3.63) is 101 Å². The van der Waals surface area contributed by atoms with Gasteiger partial charge in [0.2, 0.25) is 0 Å². The first-order chi connectivity index (χ1) is 14.4. The van der Waals surface area contributed by atoms with Gasteiger partial charge in [-0.15, -0.1) is 0 Å². The zero-order valence-corrected chi connectivity index (χ0v) is 16.2.